The van der Waals surface area contributed by atoms with Crippen LogP contribution in [0.1, 0.15) is 33.6 Å². The first-order chi connectivity index (χ1) is 10.4. The fourth-order valence-electron chi connectivity index (χ4n) is 2.95. The molecule has 120 valence electrons. The molecule has 2 atom stereocenters. The van der Waals surface area contributed by atoms with Crippen molar-refractivity contribution in [1.82, 2.24) is 10.2 Å². The van der Waals surface area contributed by atoms with Gasteiger partial charge >= 0.3 is 0 Å². The number of amides is 2. The molecule has 1 fully saturated rings. The average Bonchev–Trinajstić information content (AvgIpc) is 2.71. The summed E-state index contributed by atoms with van der Waals surface area (Å²) in [4.78, 5) is 36.9. The number of likely N-dealkylation sites (tertiary alicyclic amines) is 1. The zero-order valence-electron chi connectivity index (χ0n) is 13.7. The van der Waals surface area contributed by atoms with Crippen LogP contribution in [-0.2, 0) is 14.4 Å². The highest BCUT2D eigenvalue weighted by atomic mass is 16.2. The molecule has 1 N–H and O–H groups in total. The van der Waals surface area contributed by atoms with Crippen LogP contribution in [-0.4, -0.2) is 42.1 Å². The van der Waals surface area contributed by atoms with Gasteiger partial charge in [0.25, 0.3) is 5.91 Å². The van der Waals surface area contributed by atoms with E-state index in [0.29, 0.717) is 12.0 Å². The van der Waals surface area contributed by atoms with Crippen LogP contribution in [0.5, 0.6) is 0 Å². The van der Waals surface area contributed by atoms with Crippen molar-refractivity contribution < 1.29 is 14.4 Å². The lowest BCUT2D eigenvalue weighted by atomic mass is 9.99. The highest BCUT2D eigenvalue weighted by molar-refractivity contribution is 6.04. The van der Waals surface area contributed by atoms with Crippen LogP contribution in [0.25, 0.3) is 0 Å². The lowest BCUT2D eigenvalue weighted by molar-refractivity contribution is -0.137. The maximum Gasteiger partial charge on any atom is 0.254 e. The summed E-state index contributed by atoms with van der Waals surface area (Å²) < 4.78 is 0. The number of carbonyl (C=O) groups is 3. The van der Waals surface area contributed by atoms with E-state index in [0.717, 1.165) is 17.4 Å². The first-order valence-corrected chi connectivity index (χ1v) is 7.41. The van der Waals surface area contributed by atoms with E-state index in [-0.39, 0.29) is 24.3 Å². The Bertz CT molecular complexity index is 546. The van der Waals surface area contributed by atoms with Gasteiger partial charge in [0.1, 0.15) is 12.3 Å². The van der Waals surface area contributed by atoms with E-state index in [1.165, 1.54) is 11.9 Å². The number of hydrogen-bond acceptors (Lipinski definition) is 3. The topological polar surface area (TPSA) is 66.5 Å². The molecule has 1 aliphatic rings. The Hall–Kier alpha value is -2.17. The van der Waals surface area contributed by atoms with Gasteiger partial charge in [-0.1, -0.05) is 18.7 Å². The molecule has 0 spiro atoms. The van der Waals surface area contributed by atoms with E-state index in [2.05, 4.69) is 11.9 Å². The van der Waals surface area contributed by atoms with Crippen LogP contribution in [0.15, 0.2) is 35.5 Å². The summed E-state index contributed by atoms with van der Waals surface area (Å²) in [6.07, 6.45) is 5.13. The predicted molar refractivity (Wildman–Crippen MR) is 86.1 cm³/mol. The molecule has 1 aliphatic heterocycles. The van der Waals surface area contributed by atoms with E-state index in [1.807, 2.05) is 32.9 Å². The SMILES string of the molecule is C=C1C(=O)N(C(CCC=O)C(=O)NC)C(C)/C1=C(C)/C=C\C. The van der Waals surface area contributed by atoms with E-state index >= 15 is 0 Å². The molecule has 0 aromatic rings. The maximum absolute atomic E-state index is 12.6. The molecule has 0 saturated carbocycles. The molecular formula is C17H24N2O3. The highest BCUT2D eigenvalue weighted by Crippen LogP contribution is 2.34. The number of carbonyl (C=O) groups excluding carboxylic acids is 3. The number of hydrogen-bond donors (Lipinski definition) is 1. The zero-order chi connectivity index (χ0) is 16.9. The molecule has 0 aliphatic carbocycles. The number of nitrogens with zero attached hydrogens (tertiary/aromatic N) is 1. The van der Waals surface area contributed by atoms with Gasteiger partial charge in [-0.15, -0.1) is 0 Å². The molecule has 1 heterocycles. The lowest BCUT2D eigenvalue weighted by Gasteiger charge is -2.30. The van der Waals surface area contributed by atoms with Crippen LogP contribution in [0.2, 0.25) is 0 Å². The summed E-state index contributed by atoms with van der Waals surface area (Å²) in [5.41, 5.74) is 2.23. The van der Waals surface area contributed by atoms with Crippen molar-refractivity contribution in [2.24, 2.45) is 0 Å². The van der Waals surface area contributed by atoms with Gasteiger partial charge in [-0.05, 0) is 38.3 Å². The number of aldehydes is 1. The van der Waals surface area contributed by atoms with Crippen molar-refractivity contribution in [1.29, 1.82) is 0 Å². The standard InChI is InChI=1S/C17H24N2O3/c1-6-8-11(2)15-12(3)17(22)19(13(15)4)14(9-7-10-20)16(21)18-5/h6,8,10,13-14H,3,7,9H2,1-2,4-5H3,(H,18,21)/b8-6-,15-11+. The minimum absolute atomic E-state index is 0.230. The second-order valence-electron chi connectivity index (χ2n) is 5.34. The molecule has 22 heavy (non-hydrogen) atoms. The Morgan fingerprint density at radius 3 is 2.64 bits per heavy atom. The molecule has 1 saturated heterocycles. The second kappa shape index (κ2) is 7.73. The summed E-state index contributed by atoms with van der Waals surface area (Å²) in [5.74, 6) is -0.509. The van der Waals surface area contributed by atoms with Crippen molar-refractivity contribution >= 4 is 18.1 Å². The van der Waals surface area contributed by atoms with Gasteiger partial charge in [-0.3, -0.25) is 9.59 Å². The number of likely N-dealkylation sites (N-methyl/N-ethyl adjacent to an activating group) is 1. The van der Waals surface area contributed by atoms with Gasteiger partial charge in [0, 0.05) is 19.0 Å². The molecule has 2 unspecified atom stereocenters. The van der Waals surface area contributed by atoms with E-state index in [9.17, 15) is 14.4 Å². The summed E-state index contributed by atoms with van der Waals surface area (Å²) >= 11 is 0. The Balaban J connectivity index is 3.25. The molecule has 0 aromatic heterocycles. The van der Waals surface area contributed by atoms with Gasteiger partial charge in [-0.25, -0.2) is 0 Å². The first-order valence-electron chi connectivity index (χ1n) is 7.41. The molecule has 1 rings (SSSR count). The van der Waals surface area contributed by atoms with Crippen LogP contribution in [0.4, 0.5) is 0 Å². The fourth-order valence-corrected chi connectivity index (χ4v) is 2.95. The molecule has 2 amide bonds. The normalized spacial score (nSPS) is 22.2. The third-order valence-corrected chi connectivity index (χ3v) is 3.94. The molecule has 0 aromatic carbocycles. The van der Waals surface area contributed by atoms with E-state index in [4.69, 9.17) is 0 Å². The predicted octanol–water partition coefficient (Wildman–Crippen LogP) is 1.76. The monoisotopic (exact) mass is 304 g/mol. The highest BCUT2D eigenvalue weighted by Gasteiger charge is 2.42. The van der Waals surface area contributed by atoms with Crippen molar-refractivity contribution in [3.05, 3.63) is 35.5 Å². The lowest BCUT2D eigenvalue weighted by Crippen LogP contribution is -2.49. The molecular weight excluding hydrogens is 280 g/mol. The molecule has 0 radical (unpaired) electrons. The molecule has 5 nitrogen and oxygen atoms in total. The Morgan fingerprint density at radius 2 is 2.14 bits per heavy atom. The third kappa shape index (κ3) is 3.35. The fraction of sp³-hybridized carbons (Fsp3) is 0.471. The van der Waals surface area contributed by atoms with Gasteiger partial charge in [0.05, 0.1) is 6.04 Å². The summed E-state index contributed by atoms with van der Waals surface area (Å²) in [6, 6.07) is -0.907. The first kappa shape index (κ1) is 17.9. The van der Waals surface area contributed by atoms with Crippen LogP contribution in [0, 0.1) is 0 Å². The van der Waals surface area contributed by atoms with E-state index < -0.39 is 6.04 Å². The van der Waals surface area contributed by atoms with Crippen molar-refractivity contribution in [3.8, 4) is 0 Å². The number of rotatable bonds is 6. The summed E-state index contributed by atoms with van der Waals surface area (Å²) in [5, 5.41) is 2.57. The van der Waals surface area contributed by atoms with Gasteiger partial charge in [0.15, 0.2) is 0 Å². The second-order valence-corrected chi connectivity index (χ2v) is 5.34. The number of nitrogens with one attached hydrogen (secondary N) is 1. The molecule has 5 heteroatoms. The van der Waals surface area contributed by atoms with Gasteiger partial charge in [-0.2, -0.15) is 0 Å². The summed E-state index contributed by atoms with van der Waals surface area (Å²) in [6.45, 7) is 9.60. The van der Waals surface area contributed by atoms with Crippen molar-refractivity contribution in [2.75, 3.05) is 7.05 Å². The van der Waals surface area contributed by atoms with Crippen molar-refractivity contribution in [3.63, 3.8) is 0 Å². The summed E-state index contributed by atoms with van der Waals surface area (Å²) in [7, 11) is 1.53. The third-order valence-electron chi connectivity index (χ3n) is 3.94. The van der Waals surface area contributed by atoms with Crippen LogP contribution >= 0.6 is 0 Å². The quantitative estimate of drug-likeness (QED) is 0.600. The van der Waals surface area contributed by atoms with Gasteiger partial charge < -0.3 is 15.0 Å². The van der Waals surface area contributed by atoms with Crippen molar-refractivity contribution in [2.45, 2.75) is 45.7 Å². The Kier molecular flexibility index (Phi) is 6.28. The minimum Gasteiger partial charge on any atom is -0.357 e. The van der Waals surface area contributed by atoms with Gasteiger partial charge in [0.2, 0.25) is 5.91 Å². The number of allylic oxidation sites excluding steroid dienone is 3. The Morgan fingerprint density at radius 1 is 1.50 bits per heavy atom. The zero-order valence-corrected chi connectivity index (χ0v) is 13.7. The van der Waals surface area contributed by atoms with E-state index in [1.54, 1.807) is 0 Å². The van der Waals surface area contributed by atoms with Crippen LogP contribution < -0.4 is 5.32 Å². The average molecular weight is 304 g/mol. The largest absolute Gasteiger partial charge is 0.357 e. The smallest absolute Gasteiger partial charge is 0.254 e. The van der Waals surface area contributed by atoms with Crippen LogP contribution in [0.3, 0.4) is 0 Å². The Labute approximate surface area is 131 Å². The maximum atomic E-state index is 12.6. The molecule has 0 bridgehead atoms. The minimum atomic E-state index is -0.662.